The van der Waals surface area contributed by atoms with Crippen molar-refractivity contribution in [2.24, 2.45) is 0 Å². The molecular formula is C21H16N2O4S2. The second kappa shape index (κ2) is 7.73. The third-order valence-electron chi connectivity index (χ3n) is 4.49. The Bertz CT molecular complexity index is 1080. The van der Waals surface area contributed by atoms with E-state index in [1.54, 1.807) is 29.3 Å². The fourth-order valence-electron chi connectivity index (χ4n) is 3.08. The average molecular weight is 425 g/mol. The number of carboxylic acids is 1. The van der Waals surface area contributed by atoms with E-state index in [0.717, 1.165) is 11.3 Å². The number of aromatic carboxylic acids is 1. The van der Waals surface area contributed by atoms with Gasteiger partial charge in [0.15, 0.2) is 10.1 Å². The van der Waals surface area contributed by atoms with Crippen molar-refractivity contribution < 1.29 is 19.5 Å². The molecule has 0 atom stereocenters. The zero-order chi connectivity index (χ0) is 20.5. The lowest BCUT2D eigenvalue weighted by Crippen LogP contribution is -2.27. The molecule has 2 aromatic carbocycles. The van der Waals surface area contributed by atoms with Gasteiger partial charge in [0.2, 0.25) is 0 Å². The van der Waals surface area contributed by atoms with Gasteiger partial charge in [0.1, 0.15) is 0 Å². The third kappa shape index (κ3) is 3.52. The van der Waals surface area contributed by atoms with Gasteiger partial charge in [0, 0.05) is 5.56 Å². The lowest BCUT2D eigenvalue weighted by atomic mass is 10.1. The van der Waals surface area contributed by atoms with Gasteiger partial charge in [0.05, 0.1) is 28.4 Å². The molecule has 1 saturated heterocycles. The van der Waals surface area contributed by atoms with Crippen LogP contribution in [-0.4, -0.2) is 27.8 Å². The van der Waals surface area contributed by atoms with Crippen molar-refractivity contribution in [3.63, 3.8) is 0 Å². The van der Waals surface area contributed by atoms with Crippen molar-refractivity contribution >= 4 is 57.3 Å². The number of thiocarbonyl (C=S) groups is 1. The highest BCUT2D eigenvalue weighted by Gasteiger charge is 2.33. The van der Waals surface area contributed by atoms with Crippen LogP contribution in [0.25, 0.3) is 5.76 Å². The molecule has 8 heteroatoms. The first-order valence-corrected chi connectivity index (χ1v) is 10.1. The number of hydroxylamine groups is 1. The van der Waals surface area contributed by atoms with E-state index in [9.17, 15) is 9.59 Å². The van der Waals surface area contributed by atoms with Crippen LogP contribution in [0.2, 0.25) is 0 Å². The van der Waals surface area contributed by atoms with Crippen LogP contribution < -0.4 is 9.96 Å². The van der Waals surface area contributed by atoms with Gasteiger partial charge < -0.3 is 9.94 Å². The van der Waals surface area contributed by atoms with Gasteiger partial charge in [-0.2, -0.15) is 0 Å². The van der Waals surface area contributed by atoms with E-state index in [1.165, 1.54) is 28.8 Å². The topological polar surface area (TPSA) is 70.1 Å². The summed E-state index contributed by atoms with van der Waals surface area (Å²) in [5, 5.41) is 10.8. The fourth-order valence-corrected chi connectivity index (χ4v) is 4.32. The van der Waals surface area contributed by atoms with Gasteiger partial charge >= 0.3 is 5.97 Å². The lowest BCUT2D eigenvalue weighted by molar-refractivity contribution is -0.113. The van der Waals surface area contributed by atoms with E-state index in [-0.39, 0.29) is 11.5 Å². The Morgan fingerprint density at radius 3 is 2.59 bits per heavy atom. The van der Waals surface area contributed by atoms with Gasteiger partial charge in [-0.1, -0.05) is 36.1 Å². The Balaban J connectivity index is 1.60. The molecule has 0 aliphatic carbocycles. The summed E-state index contributed by atoms with van der Waals surface area (Å²) in [7, 11) is 0. The van der Waals surface area contributed by atoms with Crippen LogP contribution >= 0.6 is 24.0 Å². The maximum atomic E-state index is 12.9. The quantitative estimate of drug-likeness (QED) is 0.574. The number of fused-ring (bicyclic) bond motifs is 1. The van der Waals surface area contributed by atoms with Gasteiger partial charge in [-0.3, -0.25) is 9.69 Å². The number of para-hydroxylation sites is 1. The van der Waals surface area contributed by atoms with Crippen LogP contribution in [-0.2, 0) is 9.63 Å². The largest absolute Gasteiger partial charge is 0.478 e. The molecule has 0 aromatic heterocycles. The number of anilines is 2. The Morgan fingerprint density at radius 2 is 1.90 bits per heavy atom. The minimum Gasteiger partial charge on any atom is -0.478 e. The van der Waals surface area contributed by atoms with Crippen molar-refractivity contribution in [1.82, 2.24) is 0 Å². The first kappa shape index (κ1) is 19.2. The van der Waals surface area contributed by atoms with Crippen molar-refractivity contribution in [3.05, 3.63) is 76.7 Å². The second-order valence-electron chi connectivity index (χ2n) is 6.23. The second-order valence-corrected chi connectivity index (χ2v) is 7.90. The summed E-state index contributed by atoms with van der Waals surface area (Å²) in [5.41, 5.74) is 2.64. The maximum Gasteiger partial charge on any atom is 0.335 e. The molecule has 0 radical (unpaired) electrons. The molecular weight excluding hydrogens is 408 g/mol. The van der Waals surface area contributed by atoms with Crippen molar-refractivity contribution in [1.29, 1.82) is 0 Å². The molecule has 2 aliphatic rings. The molecule has 0 unspecified atom stereocenters. The Morgan fingerprint density at radius 1 is 1.17 bits per heavy atom. The Hall–Kier alpha value is -3.10. The SMILES string of the molecule is CCN1OC(=CC=C2SC(=S)N(c3ccc(C(=O)O)cc3)C2=O)c2ccccc21. The normalized spacial score (nSPS) is 18.5. The number of benzene rings is 2. The van der Waals surface area contributed by atoms with Gasteiger partial charge in [-0.15, -0.1) is 0 Å². The maximum absolute atomic E-state index is 12.9. The zero-order valence-corrected chi connectivity index (χ0v) is 17.0. The van der Waals surface area contributed by atoms with E-state index in [4.69, 9.17) is 22.2 Å². The summed E-state index contributed by atoms with van der Waals surface area (Å²) in [4.78, 5) is 31.6. The molecule has 2 aliphatic heterocycles. The van der Waals surface area contributed by atoms with Crippen LogP contribution in [0.4, 0.5) is 11.4 Å². The number of nitrogens with zero attached hydrogens (tertiary/aromatic N) is 2. The van der Waals surface area contributed by atoms with E-state index >= 15 is 0 Å². The summed E-state index contributed by atoms with van der Waals surface area (Å²) in [6.07, 6.45) is 3.48. The standard InChI is InChI=1S/C21H16N2O4S2/c1-2-22-16-6-4-3-5-15(16)17(27-22)11-12-18-19(24)23(21(28)29-18)14-9-7-13(8-10-14)20(25)26/h3-12H,2H2,1H3,(H,25,26). The molecule has 29 heavy (non-hydrogen) atoms. The molecule has 6 nitrogen and oxygen atoms in total. The van der Waals surface area contributed by atoms with Gasteiger partial charge in [-0.05, 0) is 55.5 Å². The first-order chi connectivity index (χ1) is 14.0. The molecule has 2 aromatic rings. The molecule has 1 N–H and O–H groups in total. The minimum absolute atomic E-state index is 0.150. The Kier molecular flexibility index (Phi) is 5.12. The molecule has 1 fully saturated rings. The van der Waals surface area contributed by atoms with E-state index in [2.05, 4.69) is 0 Å². The lowest BCUT2D eigenvalue weighted by Gasteiger charge is -2.14. The molecule has 0 saturated carbocycles. The average Bonchev–Trinajstić information content (AvgIpc) is 3.23. The molecule has 4 rings (SSSR count). The number of rotatable bonds is 4. The number of carbonyl (C=O) groups excluding carboxylic acids is 1. The van der Waals surface area contributed by atoms with Gasteiger partial charge in [-0.25, -0.2) is 9.86 Å². The highest BCUT2D eigenvalue weighted by atomic mass is 32.2. The summed E-state index contributed by atoms with van der Waals surface area (Å²) in [6, 6.07) is 13.9. The van der Waals surface area contributed by atoms with Crippen LogP contribution in [0.15, 0.2) is 65.6 Å². The predicted octanol–water partition coefficient (Wildman–Crippen LogP) is 4.45. The van der Waals surface area contributed by atoms with Crippen molar-refractivity contribution in [2.45, 2.75) is 6.92 Å². The van der Waals surface area contributed by atoms with Crippen molar-refractivity contribution in [2.75, 3.05) is 16.5 Å². The number of hydrogen-bond acceptors (Lipinski definition) is 6. The number of carboxylic acid groups (broad SMARTS) is 1. The molecule has 146 valence electrons. The minimum atomic E-state index is -1.02. The molecule has 1 amide bonds. The highest BCUT2D eigenvalue weighted by molar-refractivity contribution is 8.27. The van der Waals surface area contributed by atoms with Crippen LogP contribution in [0.5, 0.6) is 0 Å². The predicted molar refractivity (Wildman–Crippen MR) is 118 cm³/mol. The summed E-state index contributed by atoms with van der Waals surface area (Å²) in [6.45, 7) is 2.70. The summed E-state index contributed by atoms with van der Waals surface area (Å²) in [5.74, 6) is -0.608. The highest BCUT2D eigenvalue weighted by Crippen LogP contribution is 2.38. The molecule has 0 spiro atoms. The number of allylic oxidation sites excluding steroid dienone is 2. The number of thioether (sulfide) groups is 1. The monoisotopic (exact) mass is 424 g/mol. The smallest absolute Gasteiger partial charge is 0.335 e. The van der Waals surface area contributed by atoms with E-state index in [1.807, 2.05) is 31.2 Å². The number of amides is 1. The van der Waals surface area contributed by atoms with Crippen LogP contribution in [0.1, 0.15) is 22.8 Å². The Labute approximate surface area is 177 Å². The first-order valence-electron chi connectivity index (χ1n) is 8.86. The molecule has 2 heterocycles. The van der Waals surface area contributed by atoms with Crippen LogP contribution in [0.3, 0.4) is 0 Å². The van der Waals surface area contributed by atoms with Crippen molar-refractivity contribution in [3.8, 4) is 0 Å². The van der Waals surface area contributed by atoms with E-state index < -0.39 is 5.97 Å². The number of carbonyl (C=O) groups is 2. The fraction of sp³-hybridized carbons (Fsp3) is 0.0952. The molecule has 0 bridgehead atoms. The number of hydrogen-bond donors (Lipinski definition) is 1. The summed E-state index contributed by atoms with van der Waals surface area (Å²) < 4.78 is 0.394. The van der Waals surface area contributed by atoms with Gasteiger partial charge in [0.25, 0.3) is 5.91 Å². The van der Waals surface area contributed by atoms with E-state index in [0.29, 0.717) is 27.2 Å². The van der Waals surface area contributed by atoms with Crippen LogP contribution in [0, 0.1) is 0 Å². The third-order valence-corrected chi connectivity index (χ3v) is 5.81. The zero-order valence-electron chi connectivity index (χ0n) is 15.4. The summed E-state index contributed by atoms with van der Waals surface area (Å²) >= 11 is 6.56.